The molecular formula is C13H16N2O4S. The molecule has 6 nitrogen and oxygen atoms in total. The van der Waals surface area contributed by atoms with Crippen molar-refractivity contribution in [2.24, 2.45) is 0 Å². The van der Waals surface area contributed by atoms with E-state index in [0.29, 0.717) is 18.6 Å². The summed E-state index contributed by atoms with van der Waals surface area (Å²) in [4.78, 5) is 37.6. The van der Waals surface area contributed by atoms with Gasteiger partial charge in [0.15, 0.2) is 0 Å². The highest BCUT2D eigenvalue weighted by atomic mass is 32.2. The Morgan fingerprint density at radius 2 is 2.35 bits per heavy atom. The monoisotopic (exact) mass is 296 g/mol. The molecule has 0 saturated carbocycles. The molecule has 0 aromatic heterocycles. The number of terminal acetylenes is 1. The maximum Gasteiger partial charge on any atom is 0.323 e. The van der Waals surface area contributed by atoms with Crippen molar-refractivity contribution in [2.45, 2.75) is 30.7 Å². The van der Waals surface area contributed by atoms with Crippen LogP contribution in [0.3, 0.4) is 0 Å². The van der Waals surface area contributed by atoms with Crippen LogP contribution in [0.25, 0.3) is 0 Å². The molecule has 0 aromatic carbocycles. The summed E-state index contributed by atoms with van der Waals surface area (Å²) < 4.78 is 0. The van der Waals surface area contributed by atoms with Gasteiger partial charge in [-0.05, 0) is 13.3 Å². The Morgan fingerprint density at radius 1 is 1.65 bits per heavy atom. The highest BCUT2D eigenvalue weighted by Gasteiger charge is 2.53. The maximum absolute atomic E-state index is 12.5. The molecular weight excluding hydrogens is 280 g/mol. The van der Waals surface area contributed by atoms with Crippen molar-refractivity contribution in [3.63, 3.8) is 0 Å². The van der Waals surface area contributed by atoms with Gasteiger partial charge >= 0.3 is 5.97 Å². The molecule has 7 heteroatoms. The molecule has 2 amide bonds. The van der Waals surface area contributed by atoms with Crippen molar-refractivity contribution >= 4 is 29.5 Å². The Bertz CT molecular complexity index is 501. The number of carboxylic acid groups (broad SMARTS) is 1. The number of amides is 2. The Balaban J connectivity index is 2.18. The molecule has 0 aromatic rings. The molecule has 0 bridgehead atoms. The molecule has 2 saturated heterocycles. The van der Waals surface area contributed by atoms with E-state index < -0.39 is 18.6 Å². The number of fused-ring (bicyclic) bond motifs is 1. The number of aliphatic carboxylic acids is 1. The van der Waals surface area contributed by atoms with E-state index >= 15 is 0 Å². The van der Waals surface area contributed by atoms with Crippen molar-refractivity contribution in [3.8, 4) is 12.3 Å². The zero-order valence-electron chi connectivity index (χ0n) is 11.2. The summed E-state index contributed by atoms with van der Waals surface area (Å²) >= 11 is 1.57. The first-order valence-electron chi connectivity index (χ1n) is 6.29. The average molecular weight is 296 g/mol. The van der Waals surface area contributed by atoms with Gasteiger partial charge in [-0.15, -0.1) is 18.2 Å². The summed E-state index contributed by atoms with van der Waals surface area (Å²) in [7, 11) is 0. The summed E-state index contributed by atoms with van der Waals surface area (Å²) in [5.41, 5.74) is 0. The van der Waals surface area contributed by atoms with Crippen LogP contribution in [-0.4, -0.2) is 62.4 Å². The summed E-state index contributed by atoms with van der Waals surface area (Å²) in [6.45, 7) is 1.44. The van der Waals surface area contributed by atoms with Crippen LogP contribution in [0.5, 0.6) is 0 Å². The molecule has 0 aliphatic carbocycles. The lowest BCUT2D eigenvalue weighted by Crippen LogP contribution is -2.52. The molecule has 2 fully saturated rings. The van der Waals surface area contributed by atoms with E-state index in [4.69, 9.17) is 11.5 Å². The molecule has 0 spiro atoms. The first-order chi connectivity index (χ1) is 9.39. The molecule has 108 valence electrons. The Morgan fingerprint density at radius 3 is 2.95 bits per heavy atom. The van der Waals surface area contributed by atoms with Crippen molar-refractivity contribution < 1.29 is 19.5 Å². The zero-order chi connectivity index (χ0) is 14.9. The van der Waals surface area contributed by atoms with E-state index in [1.165, 1.54) is 0 Å². The smallest absolute Gasteiger partial charge is 0.323 e. The largest absolute Gasteiger partial charge is 0.480 e. The van der Waals surface area contributed by atoms with Gasteiger partial charge in [0.25, 0.3) is 0 Å². The summed E-state index contributed by atoms with van der Waals surface area (Å²) in [6, 6.07) is -0.604. The topological polar surface area (TPSA) is 77.9 Å². The lowest BCUT2D eigenvalue weighted by molar-refractivity contribution is -0.148. The average Bonchev–Trinajstić information content (AvgIpc) is 2.85. The van der Waals surface area contributed by atoms with Gasteiger partial charge < -0.3 is 14.9 Å². The second-order valence-corrected chi connectivity index (χ2v) is 6.56. The highest BCUT2D eigenvalue weighted by Crippen LogP contribution is 2.47. The quantitative estimate of drug-likeness (QED) is 0.738. The summed E-state index contributed by atoms with van der Waals surface area (Å²) in [5.74, 6) is 1.23. The third kappa shape index (κ3) is 2.48. The molecule has 1 N–H and O–H groups in total. The van der Waals surface area contributed by atoms with Crippen LogP contribution in [0, 0.1) is 12.3 Å². The van der Waals surface area contributed by atoms with Gasteiger partial charge in [-0.25, -0.2) is 0 Å². The number of carbonyl (C=O) groups is 3. The number of hydrogen-bond donors (Lipinski definition) is 1. The van der Waals surface area contributed by atoms with Crippen LogP contribution in [0.4, 0.5) is 0 Å². The molecule has 2 rings (SSSR count). The van der Waals surface area contributed by atoms with Crippen molar-refractivity contribution in [2.75, 3.05) is 18.8 Å². The number of rotatable bonds is 4. The van der Waals surface area contributed by atoms with E-state index in [1.807, 2.05) is 6.92 Å². The number of carboxylic acids is 1. The SMILES string of the molecule is C#CCN(CC(=O)O)C(=O)C1CSC2(C)CCC(=O)N12. The Hall–Kier alpha value is -1.68. The lowest BCUT2D eigenvalue weighted by atomic mass is 10.2. The van der Waals surface area contributed by atoms with E-state index in [-0.39, 0.29) is 23.2 Å². The summed E-state index contributed by atoms with van der Waals surface area (Å²) in [5, 5.41) is 8.84. The molecule has 2 aliphatic rings. The minimum absolute atomic E-state index is 0.0492. The van der Waals surface area contributed by atoms with E-state index in [2.05, 4.69) is 5.92 Å². The molecule has 0 radical (unpaired) electrons. The van der Waals surface area contributed by atoms with Crippen LogP contribution in [0.1, 0.15) is 19.8 Å². The van der Waals surface area contributed by atoms with Gasteiger partial charge in [0.2, 0.25) is 11.8 Å². The maximum atomic E-state index is 12.5. The predicted octanol–water partition coefficient (Wildman–Crippen LogP) is -0.0132. The van der Waals surface area contributed by atoms with E-state index in [1.54, 1.807) is 16.7 Å². The van der Waals surface area contributed by atoms with Crippen LogP contribution in [-0.2, 0) is 14.4 Å². The number of thioether (sulfide) groups is 1. The van der Waals surface area contributed by atoms with Gasteiger partial charge in [-0.1, -0.05) is 5.92 Å². The fraction of sp³-hybridized carbons (Fsp3) is 0.615. The number of hydrogen-bond acceptors (Lipinski definition) is 4. The fourth-order valence-electron chi connectivity index (χ4n) is 2.70. The number of carbonyl (C=O) groups excluding carboxylic acids is 2. The summed E-state index contributed by atoms with van der Waals surface area (Å²) in [6.07, 6.45) is 6.33. The molecule has 2 aliphatic heterocycles. The first kappa shape index (κ1) is 14.7. The third-order valence-electron chi connectivity index (χ3n) is 3.65. The van der Waals surface area contributed by atoms with E-state index in [9.17, 15) is 14.4 Å². The molecule has 2 atom stereocenters. The van der Waals surface area contributed by atoms with Crippen molar-refractivity contribution in [3.05, 3.63) is 0 Å². The van der Waals surface area contributed by atoms with Crippen molar-refractivity contribution in [1.82, 2.24) is 9.80 Å². The molecule has 20 heavy (non-hydrogen) atoms. The third-order valence-corrected chi connectivity index (χ3v) is 5.15. The normalized spacial score (nSPS) is 28.1. The number of nitrogens with zero attached hydrogens (tertiary/aromatic N) is 2. The zero-order valence-corrected chi connectivity index (χ0v) is 12.0. The predicted molar refractivity (Wildman–Crippen MR) is 73.8 cm³/mol. The van der Waals surface area contributed by atoms with Crippen LogP contribution in [0.15, 0.2) is 0 Å². The minimum Gasteiger partial charge on any atom is -0.480 e. The van der Waals surface area contributed by atoms with Crippen LogP contribution < -0.4 is 0 Å². The lowest BCUT2D eigenvalue weighted by Gasteiger charge is -2.32. The van der Waals surface area contributed by atoms with Gasteiger partial charge in [-0.2, -0.15) is 0 Å². The second-order valence-electron chi connectivity index (χ2n) is 5.06. The standard InChI is InChI=1S/C13H16N2O4S/c1-3-6-14(7-11(17)18)12(19)9-8-20-13(2)5-4-10(16)15(9)13/h1,9H,4-8H2,2H3,(H,17,18). The van der Waals surface area contributed by atoms with Crippen LogP contribution in [0.2, 0.25) is 0 Å². The van der Waals surface area contributed by atoms with Crippen LogP contribution >= 0.6 is 11.8 Å². The van der Waals surface area contributed by atoms with Crippen molar-refractivity contribution in [1.29, 1.82) is 0 Å². The molecule has 2 heterocycles. The van der Waals surface area contributed by atoms with Gasteiger partial charge in [0, 0.05) is 12.2 Å². The fourth-order valence-corrected chi connectivity index (χ4v) is 4.12. The first-order valence-corrected chi connectivity index (χ1v) is 7.28. The second kappa shape index (κ2) is 5.37. The van der Waals surface area contributed by atoms with Gasteiger partial charge in [0.05, 0.1) is 11.4 Å². The Labute approximate surface area is 121 Å². The Kier molecular flexibility index (Phi) is 3.95. The minimum atomic E-state index is -1.12. The highest BCUT2D eigenvalue weighted by molar-refractivity contribution is 8.01. The van der Waals surface area contributed by atoms with Gasteiger partial charge in [0.1, 0.15) is 12.6 Å². The van der Waals surface area contributed by atoms with Gasteiger partial charge in [-0.3, -0.25) is 14.4 Å². The van der Waals surface area contributed by atoms with E-state index in [0.717, 1.165) is 4.90 Å². The molecule has 2 unspecified atom stereocenters.